The number of nitro benzene ring substituents is 1. The van der Waals surface area contributed by atoms with Crippen molar-refractivity contribution in [1.82, 2.24) is 0 Å². The molecule has 1 aliphatic heterocycles. The summed E-state index contributed by atoms with van der Waals surface area (Å²) >= 11 is 0. The molecule has 118 valence electrons. The van der Waals surface area contributed by atoms with Crippen LogP contribution in [-0.4, -0.2) is 17.4 Å². The molecule has 0 N–H and O–H groups in total. The molecular weight excluding hydrogens is 292 g/mol. The Bertz CT molecular complexity index is 740. The Balaban J connectivity index is 1.84. The molecule has 0 saturated heterocycles. The zero-order valence-corrected chi connectivity index (χ0v) is 12.9. The van der Waals surface area contributed by atoms with Crippen molar-refractivity contribution in [3.8, 4) is 0 Å². The predicted octanol–water partition coefficient (Wildman–Crippen LogP) is 3.68. The van der Waals surface area contributed by atoms with Gasteiger partial charge in [-0.3, -0.25) is 14.9 Å². The summed E-state index contributed by atoms with van der Waals surface area (Å²) in [7, 11) is 0. The summed E-state index contributed by atoms with van der Waals surface area (Å²) in [5.74, 6) is -0.298. The van der Waals surface area contributed by atoms with E-state index in [4.69, 9.17) is 0 Å². The van der Waals surface area contributed by atoms with Crippen molar-refractivity contribution in [3.05, 3.63) is 69.8 Å². The zero-order valence-electron chi connectivity index (χ0n) is 12.9. The Kier molecular flexibility index (Phi) is 4.10. The van der Waals surface area contributed by atoms with Gasteiger partial charge < -0.3 is 4.90 Å². The smallest absolute Gasteiger partial charge is 0.269 e. The van der Waals surface area contributed by atoms with Gasteiger partial charge in [0.1, 0.15) is 0 Å². The van der Waals surface area contributed by atoms with E-state index < -0.39 is 4.92 Å². The molecule has 5 nitrogen and oxygen atoms in total. The van der Waals surface area contributed by atoms with Gasteiger partial charge in [0, 0.05) is 24.4 Å². The van der Waals surface area contributed by atoms with Crippen LogP contribution < -0.4 is 4.90 Å². The summed E-state index contributed by atoms with van der Waals surface area (Å²) in [6.07, 6.45) is 1.95. The van der Waals surface area contributed by atoms with Crippen molar-refractivity contribution < 1.29 is 9.72 Å². The monoisotopic (exact) mass is 310 g/mol. The fourth-order valence-corrected chi connectivity index (χ4v) is 3.02. The third-order valence-electron chi connectivity index (χ3n) is 4.35. The number of hydrogen-bond donors (Lipinski definition) is 0. The molecule has 0 aliphatic carbocycles. The Morgan fingerprint density at radius 2 is 1.87 bits per heavy atom. The zero-order chi connectivity index (χ0) is 16.4. The lowest BCUT2D eigenvalue weighted by molar-refractivity contribution is -0.384. The topological polar surface area (TPSA) is 63.5 Å². The van der Waals surface area contributed by atoms with E-state index in [2.05, 4.69) is 6.07 Å². The minimum Gasteiger partial charge on any atom is -0.312 e. The first-order chi connectivity index (χ1) is 11.1. The van der Waals surface area contributed by atoms with Crippen LogP contribution in [0.2, 0.25) is 0 Å². The fourth-order valence-electron chi connectivity index (χ4n) is 3.02. The van der Waals surface area contributed by atoms with Gasteiger partial charge in [-0.1, -0.05) is 30.3 Å². The minimum absolute atomic E-state index is 0.0333. The van der Waals surface area contributed by atoms with Gasteiger partial charge in [-0.05, 0) is 37.0 Å². The molecule has 1 amide bonds. The highest BCUT2D eigenvalue weighted by Crippen LogP contribution is 2.30. The number of carbonyl (C=O) groups is 1. The lowest BCUT2D eigenvalue weighted by Crippen LogP contribution is -2.38. The highest BCUT2D eigenvalue weighted by atomic mass is 16.6. The molecule has 1 heterocycles. The lowest BCUT2D eigenvalue weighted by Gasteiger charge is -2.31. The van der Waals surface area contributed by atoms with Crippen LogP contribution in [0, 0.1) is 10.1 Å². The van der Waals surface area contributed by atoms with Crippen LogP contribution in [0.15, 0.2) is 48.5 Å². The van der Waals surface area contributed by atoms with Crippen LogP contribution in [0.5, 0.6) is 0 Å². The number of hydrogen-bond acceptors (Lipinski definition) is 3. The van der Waals surface area contributed by atoms with Crippen LogP contribution >= 0.6 is 0 Å². The maximum absolute atomic E-state index is 12.9. The summed E-state index contributed by atoms with van der Waals surface area (Å²) in [6.45, 7) is 2.56. The lowest BCUT2D eigenvalue weighted by atomic mass is 9.96. The van der Waals surface area contributed by atoms with Gasteiger partial charge in [0.2, 0.25) is 5.91 Å². The van der Waals surface area contributed by atoms with Crippen molar-refractivity contribution in [2.24, 2.45) is 0 Å². The number of carbonyl (C=O) groups excluding carboxylic acids is 1. The summed E-state index contributed by atoms with van der Waals surface area (Å²) in [5.41, 5.74) is 3.01. The predicted molar refractivity (Wildman–Crippen MR) is 88.6 cm³/mol. The Hall–Kier alpha value is -2.69. The number of benzene rings is 2. The average molecular weight is 310 g/mol. The van der Waals surface area contributed by atoms with Crippen molar-refractivity contribution in [2.45, 2.75) is 25.7 Å². The molecule has 0 saturated carbocycles. The summed E-state index contributed by atoms with van der Waals surface area (Å²) in [6, 6.07) is 14.2. The Morgan fingerprint density at radius 1 is 1.17 bits per heavy atom. The van der Waals surface area contributed by atoms with Gasteiger partial charge in [0.05, 0.1) is 10.8 Å². The van der Waals surface area contributed by atoms with Gasteiger partial charge >= 0.3 is 0 Å². The molecule has 0 aromatic heterocycles. The van der Waals surface area contributed by atoms with E-state index in [9.17, 15) is 14.9 Å². The van der Waals surface area contributed by atoms with Crippen molar-refractivity contribution in [1.29, 1.82) is 0 Å². The number of nitro groups is 1. The standard InChI is InChI=1S/C18H18N2O3/c1-13(14-8-10-16(11-9-14)20(22)23)18(21)19-12-4-6-15-5-2-3-7-17(15)19/h2-3,5,7-11,13H,4,6,12H2,1H3. The number of nitrogens with zero attached hydrogens (tertiary/aromatic N) is 2. The van der Waals surface area contributed by atoms with E-state index in [0.717, 1.165) is 24.1 Å². The van der Waals surface area contributed by atoms with Gasteiger partial charge in [-0.25, -0.2) is 0 Å². The summed E-state index contributed by atoms with van der Waals surface area (Å²) in [5, 5.41) is 10.7. The van der Waals surface area contributed by atoms with Crippen LogP contribution in [-0.2, 0) is 11.2 Å². The number of aryl methyl sites for hydroxylation is 1. The molecule has 0 spiro atoms. The molecule has 5 heteroatoms. The Labute approximate surface area is 134 Å². The van der Waals surface area contributed by atoms with E-state index in [1.165, 1.54) is 17.7 Å². The van der Waals surface area contributed by atoms with Crippen molar-refractivity contribution in [2.75, 3.05) is 11.4 Å². The normalized spacial score (nSPS) is 14.9. The maximum atomic E-state index is 12.9. The molecule has 2 aromatic carbocycles. The largest absolute Gasteiger partial charge is 0.312 e. The van der Waals surface area contributed by atoms with Crippen LogP contribution in [0.3, 0.4) is 0 Å². The van der Waals surface area contributed by atoms with E-state index in [-0.39, 0.29) is 17.5 Å². The van der Waals surface area contributed by atoms with Gasteiger partial charge in [0.15, 0.2) is 0 Å². The highest BCUT2D eigenvalue weighted by molar-refractivity contribution is 5.98. The van der Waals surface area contributed by atoms with Crippen LogP contribution in [0.25, 0.3) is 0 Å². The molecule has 2 aromatic rings. The number of anilines is 1. The van der Waals surface area contributed by atoms with Gasteiger partial charge in [-0.2, -0.15) is 0 Å². The molecule has 3 rings (SSSR count). The van der Waals surface area contributed by atoms with Crippen molar-refractivity contribution in [3.63, 3.8) is 0 Å². The number of fused-ring (bicyclic) bond motifs is 1. The first kappa shape index (κ1) is 15.2. The first-order valence-electron chi connectivity index (χ1n) is 7.71. The quantitative estimate of drug-likeness (QED) is 0.641. The molecule has 0 fully saturated rings. The SMILES string of the molecule is CC(C(=O)N1CCCc2ccccc21)c1ccc([N+](=O)[O-])cc1. The van der Waals surface area contributed by atoms with E-state index >= 15 is 0 Å². The fraction of sp³-hybridized carbons (Fsp3) is 0.278. The van der Waals surface area contributed by atoms with E-state index in [1.54, 1.807) is 12.1 Å². The van der Waals surface area contributed by atoms with Crippen LogP contribution in [0.4, 0.5) is 11.4 Å². The first-order valence-corrected chi connectivity index (χ1v) is 7.71. The number of amides is 1. The van der Waals surface area contributed by atoms with E-state index in [0.29, 0.717) is 6.54 Å². The molecule has 0 bridgehead atoms. The number of para-hydroxylation sites is 1. The minimum atomic E-state index is -0.433. The Morgan fingerprint density at radius 3 is 2.57 bits per heavy atom. The molecular formula is C18H18N2O3. The molecule has 1 atom stereocenters. The summed E-state index contributed by atoms with van der Waals surface area (Å²) < 4.78 is 0. The number of rotatable bonds is 3. The van der Waals surface area contributed by atoms with Crippen molar-refractivity contribution >= 4 is 17.3 Å². The molecule has 0 radical (unpaired) electrons. The highest BCUT2D eigenvalue weighted by Gasteiger charge is 2.27. The van der Waals surface area contributed by atoms with Crippen LogP contribution in [0.1, 0.15) is 30.4 Å². The maximum Gasteiger partial charge on any atom is 0.269 e. The second kappa shape index (κ2) is 6.20. The molecule has 23 heavy (non-hydrogen) atoms. The molecule has 1 aliphatic rings. The third kappa shape index (κ3) is 2.95. The summed E-state index contributed by atoms with van der Waals surface area (Å²) in [4.78, 5) is 25.0. The second-order valence-electron chi connectivity index (χ2n) is 5.79. The van der Waals surface area contributed by atoms with E-state index in [1.807, 2.05) is 30.0 Å². The third-order valence-corrected chi connectivity index (χ3v) is 4.35. The average Bonchev–Trinajstić information content (AvgIpc) is 2.60. The molecule has 1 unspecified atom stereocenters. The van der Waals surface area contributed by atoms with Gasteiger partial charge in [-0.15, -0.1) is 0 Å². The van der Waals surface area contributed by atoms with Gasteiger partial charge in [0.25, 0.3) is 5.69 Å². The number of non-ortho nitro benzene ring substituents is 1. The second-order valence-corrected chi connectivity index (χ2v) is 5.79.